The van der Waals surface area contributed by atoms with Gasteiger partial charge in [-0.1, -0.05) is 25.4 Å². The molecule has 25 heavy (non-hydrogen) atoms. The van der Waals surface area contributed by atoms with Crippen molar-refractivity contribution in [1.29, 1.82) is 0 Å². The number of carbonyl (C=O) groups excluding carboxylic acids is 2. The second-order valence-corrected chi connectivity index (χ2v) is 8.25. The second-order valence-electron chi connectivity index (χ2n) is 5.94. The number of ether oxygens (including phenoxy) is 1. The molecule has 0 heterocycles. The highest BCUT2D eigenvalue weighted by atomic mass is 35.5. The quantitative estimate of drug-likeness (QED) is 0.686. The predicted octanol–water partition coefficient (Wildman–Crippen LogP) is 2.05. The van der Waals surface area contributed by atoms with Gasteiger partial charge in [0.25, 0.3) is 0 Å². The number of halogens is 1. The number of hydrogen-bond donors (Lipinski definition) is 1. The lowest BCUT2D eigenvalue weighted by Gasteiger charge is -2.24. The average molecular weight is 391 g/mol. The number of hydrogen-bond acceptors (Lipinski definition) is 5. The van der Waals surface area contributed by atoms with E-state index in [0.717, 1.165) is 10.6 Å². The molecule has 140 valence electrons. The zero-order valence-corrected chi connectivity index (χ0v) is 16.3. The molecular weight excluding hydrogens is 368 g/mol. The zero-order chi connectivity index (χ0) is 19.2. The minimum absolute atomic E-state index is 0.00693. The Kier molecular flexibility index (Phi) is 7.69. The Hall–Kier alpha value is -1.80. The Labute approximate surface area is 153 Å². The summed E-state index contributed by atoms with van der Waals surface area (Å²) in [7, 11) is -2.43. The third-order valence-corrected chi connectivity index (χ3v) is 4.77. The minimum atomic E-state index is -3.67. The molecule has 1 N–H and O–H groups in total. The third kappa shape index (κ3) is 6.55. The SMILES string of the molecule is COC(=O)c1ccc(Cl)c(N(CCNC(=O)CC(C)C)S(C)(=O)=O)c1. The van der Waals surface area contributed by atoms with Gasteiger partial charge in [0.15, 0.2) is 0 Å². The van der Waals surface area contributed by atoms with Crippen molar-refractivity contribution in [2.24, 2.45) is 5.92 Å². The van der Waals surface area contributed by atoms with Crippen LogP contribution in [0.5, 0.6) is 0 Å². The summed E-state index contributed by atoms with van der Waals surface area (Å²) in [5.41, 5.74) is 0.338. The van der Waals surface area contributed by atoms with Crippen molar-refractivity contribution >= 4 is 39.2 Å². The van der Waals surface area contributed by atoms with Gasteiger partial charge in [0, 0.05) is 13.0 Å². The first-order chi connectivity index (χ1) is 11.6. The van der Waals surface area contributed by atoms with Gasteiger partial charge in [0.1, 0.15) is 0 Å². The molecule has 9 heteroatoms. The Morgan fingerprint density at radius 1 is 1.32 bits per heavy atom. The third-order valence-electron chi connectivity index (χ3n) is 3.27. The first kappa shape index (κ1) is 21.2. The largest absolute Gasteiger partial charge is 0.465 e. The van der Waals surface area contributed by atoms with Crippen molar-refractivity contribution < 1.29 is 22.7 Å². The highest BCUT2D eigenvalue weighted by Gasteiger charge is 2.22. The second kappa shape index (κ2) is 9.05. The number of benzene rings is 1. The van der Waals surface area contributed by atoms with E-state index in [2.05, 4.69) is 10.1 Å². The van der Waals surface area contributed by atoms with Crippen molar-refractivity contribution in [3.05, 3.63) is 28.8 Å². The van der Waals surface area contributed by atoms with Gasteiger partial charge < -0.3 is 10.1 Å². The van der Waals surface area contributed by atoms with Gasteiger partial charge in [-0.25, -0.2) is 13.2 Å². The van der Waals surface area contributed by atoms with E-state index in [1.54, 1.807) is 0 Å². The Morgan fingerprint density at radius 2 is 1.96 bits per heavy atom. The van der Waals surface area contributed by atoms with Crippen LogP contribution in [0.4, 0.5) is 5.69 Å². The van der Waals surface area contributed by atoms with Gasteiger partial charge >= 0.3 is 5.97 Å². The van der Waals surface area contributed by atoms with E-state index in [1.807, 2.05) is 13.8 Å². The van der Waals surface area contributed by atoms with Crippen LogP contribution >= 0.6 is 11.6 Å². The Balaban J connectivity index is 3.01. The number of methoxy groups -OCH3 is 1. The van der Waals surface area contributed by atoms with E-state index in [4.69, 9.17) is 11.6 Å². The summed E-state index contributed by atoms with van der Waals surface area (Å²) in [5.74, 6) is -0.549. The molecule has 1 aromatic rings. The molecule has 1 amide bonds. The summed E-state index contributed by atoms with van der Waals surface area (Å²) < 4.78 is 29.9. The summed E-state index contributed by atoms with van der Waals surface area (Å²) in [5, 5.41) is 2.85. The van der Waals surface area contributed by atoms with Crippen molar-refractivity contribution in [1.82, 2.24) is 5.32 Å². The number of nitrogens with one attached hydrogen (secondary N) is 1. The highest BCUT2D eigenvalue weighted by molar-refractivity contribution is 7.92. The van der Waals surface area contributed by atoms with Crippen LogP contribution in [-0.4, -0.2) is 46.7 Å². The number of nitrogens with zero attached hydrogens (tertiary/aromatic N) is 1. The molecule has 0 aliphatic rings. The lowest BCUT2D eigenvalue weighted by Crippen LogP contribution is -2.38. The van der Waals surface area contributed by atoms with Crippen molar-refractivity contribution in [2.75, 3.05) is 30.8 Å². The van der Waals surface area contributed by atoms with Crippen LogP contribution in [0.25, 0.3) is 0 Å². The molecule has 0 aliphatic carbocycles. The van der Waals surface area contributed by atoms with E-state index >= 15 is 0 Å². The molecule has 0 saturated heterocycles. The molecule has 0 atom stereocenters. The Morgan fingerprint density at radius 3 is 2.48 bits per heavy atom. The van der Waals surface area contributed by atoms with Crippen LogP contribution in [0.2, 0.25) is 5.02 Å². The molecule has 7 nitrogen and oxygen atoms in total. The van der Waals surface area contributed by atoms with E-state index in [9.17, 15) is 18.0 Å². The molecule has 0 bridgehead atoms. The van der Waals surface area contributed by atoms with Gasteiger partial charge in [0.05, 0.1) is 36.2 Å². The minimum Gasteiger partial charge on any atom is -0.465 e. The fourth-order valence-electron chi connectivity index (χ4n) is 2.15. The first-order valence-electron chi connectivity index (χ1n) is 7.68. The maximum absolute atomic E-state index is 12.1. The average Bonchev–Trinajstić information content (AvgIpc) is 2.50. The van der Waals surface area contributed by atoms with Crippen LogP contribution in [0.3, 0.4) is 0 Å². The molecule has 0 aliphatic heterocycles. The van der Waals surface area contributed by atoms with Crippen LogP contribution in [0, 0.1) is 5.92 Å². The van der Waals surface area contributed by atoms with Gasteiger partial charge in [-0.3, -0.25) is 9.10 Å². The normalized spacial score (nSPS) is 11.3. The summed E-state index contributed by atoms with van der Waals surface area (Å²) in [6.45, 7) is 3.95. The summed E-state index contributed by atoms with van der Waals surface area (Å²) in [6, 6.07) is 4.23. The van der Waals surface area contributed by atoms with Gasteiger partial charge in [-0.2, -0.15) is 0 Å². The monoisotopic (exact) mass is 390 g/mol. The number of anilines is 1. The van der Waals surface area contributed by atoms with E-state index in [-0.39, 0.29) is 41.2 Å². The fourth-order valence-corrected chi connectivity index (χ4v) is 3.35. The maximum atomic E-state index is 12.1. The number of carbonyl (C=O) groups is 2. The van der Waals surface area contributed by atoms with Crippen LogP contribution in [-0.2, 0) is 19.6 Å². The van der Waals surface area contributed by atoms with Crippen LogP contribution in [0.1, 0.15) is 30.6 Å². The van der Waals surface area contributed by atoms with Gasteiger partial charge in [-0.15, -0.1) is 0 Å². The lowest BCUT2D eigenvalue weighted by atomic mass is 10.1. The lowest BCUT2D eigenvalue weighted by molar-refractivity contribution is -0.121. The van der Waals surface area contributed by atoms with Crippen LogP contribution in [0.15, 0.2) is 18.2 Å². The van der Waals surface area contributed by atoms with Crippen molar-refractivity contribution in [3.63, 3.8) is 0 Å². The van der Waals surface area contributed by atoms with E-state index in [1.165, 1.54) is 25.3 Å². The number of rotatable bonds is 8. The smallest absolute Gasteiger partial charge is 0.337 e. The summed E-state index contributed by atoms with van der Waals surface area (Å²) >= 11 is 6.11. The van der Waals surface area contributed by atoms with Crippen molar-refractivity contribution in [2.45, 2.75) is 20.3 Å². The predicted molar refractivity (Wildman–Crippen MR) is 97.4 cm³/mol. The fraction of sp³-hybridized carbons (Fsp3) is 0.500. The molecular formula is C16H23ClN2O5S. The maximum Gasteiger partial charge on any atom is 0.337 e. The molecule has 1 rings (SSSR count). The highest BCUT2D eigenvalue weighted by Crippen LogP contribution is 2.29. The molecule has 1 aromatic carbocycles. The molecule has 0 radical (unpaired) electrons. The number of esters is 1. The van der Waals surface area contributed by atoms with E-state index < -0.39 is 16.0 Å². The molecule has 0 saturated carbocycles. The summed E-state index contributed by atoms with van der Waals surface area (Å²) in [6.07, 6.45) is 1.39. The van der Waals surface area contributed by atoms with Crippen LogP contribution < -0.4 is 9.62 Å². The molecule has 0 spiro atoms. The Bertz CT molecular complexity index is 734. The summed E-state index contributed by atoms with van der Waals surface area (Å²) in [4.78, 5) is 23.4. The van der Waals surface area contributed by atoms with Crippen molar-refractivity contribution in [3.8, 4) is 0 Å². The molecule has 0 fully saturated rings. The zero-order valence-electron chi connectivity index (χ0n) is 14.7. The number of amides is 1. The van der Waals surface area contributed by atoms with Gasteiger partial charge in [0.2, 0.25) is 15.9 Å². The first-order valence-corrected chi connectivity index (χ1v) is 9.91. The van der Waals surface area contributed by atoms with E-state index in [0.29, 0.717) is 6.42 Å². The molecule has 0 aromatic heterocycles. The standard InChI is InChI=1S/C16H23ClN2O5S/c1-11(2)9-15(20)18-7-8-19(25(4,22)23)14-10-12(16(21)24-3)5-6-13(14)17/h5-6,10-11H,7-9H2,1-4H3,(H,18,20). The topological polar surface area (TPSA) is 92.8 Å². The molecule has 0 unspecified atom stereocenters. The van der Waals surface area contributed by atoms with Gasteiger partial charge in [-0.05, 0) is 24.1 Å². The number of sulfonamides is 1.